The molecule has 0 aliphatic carbocycles. The van der Waals surface area contributed by atoms with Gasteiger partial charge >= 0.3 is 18.0 Å². The minimum atomic E-state index is -4.53. The van der Waals surface area contributed by atoms with E-state index in [1.807, 2.05) is 0 Å². The summed E-state index contributed by atoms with van der Waals surface area (Å²) in [4.78, 5) is 25.3. The third-order valence-corrected chi connectivity index (χ3v) is 3.83. The van der Waals surface area contributed by atoms with Crippen molar-refractivity contribution in [3.63, 3.8) is 0 Å². The van der Waals surface area contributed by atoms with Gasteiger partial charge in [-0.15, -0.1) is 0 Å². The number of anilines is 1. The van der Waals surface area contributed by atoms with Crippen molar-refractivity contribution in [1.82, 2.24) is 4.90 Å². The second-order valence-corrected chi connectivity index (χ2v) is 5.45. The number of aliphatic hydroxyl groups is 1. The third kappa shape index (κ3) is 4.01. The van der Waals surface area contributed by atoms with E-state index < -0.39 is 29.7 Å². The van der Waals surface area contributed by atoms with Crippen molar-refractivity contribution >= 4 is 17.5 Å². The van der Waals surface area contributed by atoms with Crippen LogP contribution in [0.15, 0.2) is 18.2 Å². The van der Waals surface area contributed by atoms with Crippen LogP contribution in [-0.4, -0.2) is 41.0 Å². The maximum atomic E-state index is 12.8. The van der Waals surface area contributed by atoms with Crippen molar-refractivity contribution in [1.29, 1.82) is 0 Å². The van der Waals surface area contributed by atoms with E-state index in [1.54, 1.807) is 0 Å². The standard InChI is InChI=1S/C15H17F3N2O3/c1-9-11(15(16,17)18)3-2-4-12(9)19-13(22)14(23)20-7-5-10(21)6-8-20/h2-4,10,21H,5-8H2,1H3,(H,19,22). The molecule has 23 heavy (non-hydrogen) atoms. The van der Waals surface area contributed by atoms with Crippen LogP contribution in [0.1, 0.15) is 24.0 Å². The van der Waals surface area contributed by atoms with Crippen LogP contribution < -0.4 is 5.32 Å². The van der Waals surface area contributed by atoms with Crippen molar-refractivity contribution in [2.24, 2.45) is 0 Å². The highest BCUT2D eigenvalue weighted by molar-refractivity contribution is 6.39. The fourth-order valence-electron chi connectivity index (χ4n) is 2.47. The molecule has 1 saturated heterocycles. The third-order valence-electron chi connectivity index (χ3n) is 3.83. The second kappa shape index (κ2) is 6.57. The number of hydrogen-bond donors (Lipinski definition) is 2. The molecule has 5 nitrogen and oxygen atoms in total. The highest BCUT2D eigenvalue weighted by atomic mass is 19.4. The molecule has 8 heteroatoms. The van der Waals surface area contributed by atoms with Gasteiger partial charge in [0.25, 0.3) is 0 Å². The van der Waals surface area contributed by atoms with Crippen molar-refractivity contribution in [2.75, 3.05) is 18.4 Å². The summed E-state index contributed by atoms with van der Waals surface area (Å²) in [7, 11) is 0. The molecular weight excluding hydrogens is 313 g/mol. The molecule has 2 rings (SSSR count). The fourth-order valence-corrected chi connectivity index (χ4v) is 2.47. The van der Waals surface area contributed by atoms with E-state index in [0.29, 0.717) is 12.8 Å². The number of rotatable bonds is 1. The van der Waals surface area contributed by atoms with Crippen LogP contribution >= 0.6 is 0 Å². The fraction of sp³-hybridized carbons (Fsp3) is 0.467. The summed E-state index contributed by atoms with van der Waals surface area (Å²) in [6.45, 7) is 1.73. The van der Waals surface area contributed by atoms with Gasteiger partial charge in [0.2, 0.25) is 0 Å². The lowest BCUT2D eigenvalue weighted by Gasteiger charge is -2.29. The minimum absolute atomic E-state index is 0.0461. The number of nitrogens with one attached hydrogen (secondary N) is 1. The topological polar surface area (TPSA) is 69.6 Å². The monoisotopic (exact) mass is 330 g/mol. The van der Waals surface area contributed by atoms with Crippen LogP contribution in [0.2, 0.25) is 0 Å². The van der Waals surface area contributed by atoms with Gasteiger partial charge in [-0.1, -0.05) is 6.07 Å². The first-order chi connectivity index (χ1) is 10.7. The summed E-state index contributed by atoms with van der Waals surface area (Å²) in [5.41, 5.74) is -1.05. The lowest BCUT2D eigenvalue weighted by molar-refractivity contribution is -0.144. The first-order valence-electron chi connectivity index (χ1n) is 7.15. The van der Waals surface area contributed by atoms with E-state index >= 15 is 0 Å². The van der Waals surface area contributed by atoms with Crippen molar-refractivity contribution in [3.8, 4) is 0 Å². The van der Waals surface area contributed by atoms with Gasteiger partial charge in [-0.3, -0.25) is 9.59 Å². The Kier molecular flexibility index (Phi) is 4.93. The Hall–Kier alpha value is -2.09. The number of likely N-dealkylation sites (tertiary alicyclic amines) is 1. The molecule has 0 radical (unpaired) electrons. The number of amides is 2. The first kappa shape index (κ1) is 17.3. The maximum Gasteiger partial charge on any atom is 0.416 e. The molecule has 1 aliphatic heterocycles. The average molecular weight is 330 g/mol. The number of benzene rings is 1. The summed E-state index contributed by atoms with van der Waals surface area (Å²) in [6, 6.07) is 3.40. The number of piperidine rings is 1. The largest absolute Gasteiger partial charge is 0.416 e. The normalized spacial score (nSPS) is 16.3. The number of carbonyl (C=O) groups is 2. The summed E-state index contributed by atoms with van der Waals surface area (Å²) < 4.78 is 38.5. The van der Waals surface area contributed by atoms with Gasteiger partial charge in [-0.2, -0.15) is 13.2 Å². The zero-order valence-corrected chi connectivity index (χ0v) is 12.5. The Morgan fingerprint density at radius 3 is 2.43 bits per heavy atom. The highest BCUT2D eigenvalue weighted by Crippen LogP contribution is 2.34. The van der Waals surface area contributed by atoms with Crippen molar-refractivity contribution < 1.29 is 27.9 Å². The Morgan fingerprint density at radius 2 is 1.87 bits per heavy atom. The van der Waals surface area contributed by atoms with Crippen molar-refractivity contribution in [2.45, 2.75) is 32.0 Å². The lowest BCUT2D eigenvalue weighted by Crippen LogP contribution is -2.45. The Morgan fingerprint density at radius 1 is 1.26 bits per heavy atom. The van der Waals surface area contributed by atoms with Crippen LogP contribution in [-0.2, 0) is 15.8 Å². The van der Waals surface area contributed by atoms with Gasteiger partial charge in [0.1, 0.15) is 0 Å². The van der Waals surface area contributed by atoms with Crippen LogP contribution in [0.5, 0.6) is 0 Å². The van der Waals surface area contributed by atoms with Gasteiger partial charge in [0, 0.05) is 18.8 Å². The minimum Gasteiger partial charge on any atom is -0.393 e. The van der Waals surface area contributed by atoms with E-state index in [0.717, 1.165) is 6.07 Å². The van der Waals surface area contributed by atoms with Gasteiger partial charge in [0.05, 0.1) is 11.7 Å². The number of halogens is 3. The molecule has 0 bridgehead atoms. The average Bonchev–Trinajstić information content (AvgIpc) is 2.48. The van der Waals surface area contributed by atoms with Crippen LogP contribution in [0.3, 0.4) is 0 Å². The molecule has 1 heterocycles. The summed E-state index contributed by atoms with van der Waals surface area (Å²) in [5.74, 6) is -1.79. The summed E-state index contributed by atoms with van der Waals surface area (Å²) in [5, 5.41) is 11.6. The first-order valence-corrected chi connectivity index (χ1v) is 7.15. The van der Waals surface area contributed by atoms with E-state index in [9.17, 15) is 27.9 Å². The molecular formula is C15H17F3N2O3. The molecule has 0 aromatic heterocycles. The van der Waals surface area contributed by atoms with Crippen LogP contribution in [0.4, 0.5) is 18.9 Å². The molecule has 126 valence electrons. The molecule has 0 saturated carbocycles. The Labute approximate surface area is 131 Å². The van der Waals surface area contributed by atoms with E-state index in [-0.39, 0.29) is 24.3 Å². The number of nitrogens with zero attached hydrogens (tertiary/aromatic N) is 1. The van der Waals surface area contributed by atoms with E-state index in [4.69, 9.17) is 0 Å². The van der Waals surface area contributed by atoms with Gasteiger partial charge in [-0.05, 0) is 37.5 Å². The second-order valence-electron chi connectivity index (χ2n) is 5.45. The number of aliphatic hydroxyl groups excluding tert-OH is 1. The SMILES string of the molecule is Cc1c(NC(=O)C(=O)N2CCC(O)CC2)cccc1C(F)(F)F. The molecule has 2 amide bonds. The Balaban J connectivity index is 2.10. The number of alkyl halides is 3. The van der Waals surface area contributed by atoms with Gasteiger partial charge < -0.3 is 15.3 Å². The quantitative estimate of drug-likeness (QED) is 0.773. The number of carbonyl (C=O) groups excluding carboxylic acids is 2. The molecule has 0 unspecified atom stereocenters. The van der Waals surface area contributed by atoms with E-state index in [1.165, 1.54) is 24.0 Å². The zero-order valence-electron chi connectivity index (χ0n) is 12.5. The molecule has 1 aromatic carbocycles. The summed E-state index contributed by atoms with van der Waals surface area (Å²) in [6.07, 6.45) is -4.27. The predicted octanol–water partition coefficient (Wildman–Crippen LogP) is 1.94. The number of hydrogen-bond acceptors (Lipinski definition) is 3. The maximum absolute atomic E-state index is 12.8. The predicted molar refractivity (Wildman–Crippen MR) is 76.6 cm³/mol. The van der Waals surface area contributed by atoms with E-state index in [2.05, 4.69) is 5.32 Å². The smallest absolute Gasteiger partial charge is 0.393 e. The summed E-state index contributed by atoms with van der Waals surface area (Å²) >= 11 is 0. The van der Waals surface area contributed by atoms with Crippen LogP contribution in [0.25, 0.3) is 0 Å². The van der Waals surface area contributed by atoms with Gasteiger partial charge in [0.15, 0.2) is 0 Å². The van der Waals surface area contributed by atoms with Gasteiger partial charge in [-0.25, -0.2) is 0 Å². The molecule has 1 aromatic rings. The van der Waals surface area contributed by atoms with Crippen molar-refractivity contribution in [3.05, 3.63) is 29.3 Å². The highest BCUT2D eigenvalue weighted by Gasteiger charge is 2.33. The molecule has 2 N–H and O–H groups in total. The van der Waals surface area contributed by atoms with Crippen LogP contribution in [0, 0.1) is 6.92 Å². The molecule has 0 spiro atoms. The molecule has 1 aliphatic rings. The lowest BCUT2D eigenvalue weighted by atomic mass is 10.1. The zero-order chi connectivity index (χ0) is 17.2. The Bertz CT molecular complexity index is 608. The molecule has 1 fully saturated rings. The molecule has 0 atom stereocenters.